The van der Waals surface area contributed by atoms with E-state index >= 15 is 0 Å². The van der Waals surface area contributed by atoms with E-state index in [1.165, 1.54) is 25.3 Å². The van der Waals surface area contributed by atoms with E-state index in [-0.39, 0.29) is 5.97 Å². The first kappa shape index (κ1) is 11.9. The molecule has 0 saturated heterocycles. The first-order valence-corrected chi connectivity index (χ1v) is 4.79. The van der Waals surface area contributed by atoms with Gasteiger partial charge in [-0.25, -0.2) is 4.79 Å². The van der Waals surface area contributed by atoms with E-state index in [9.17, 15) is 4.79 Å². The second-order valence-electron chi connectivity index (χ2n) is 2.86. The van der Waals surface area contributed by atoms with Gasteiger partial charge in [-0.05, 0) is 12.8 Å². The summed E-state index contributed by atoms with van der Waals surface area (Å²) in [7, 11) is 0. The van der Waals surface area contributed by atoms with Gasteiger partial charge in [0.1, 0.15) is 0 Å². The van der Waals surface area contributed by atoms with Crippen LogP contribution in [0.5, 0.6) is 0 Å². The molecule has 0 N–H and O–H groups in total. The molecule has 0 unspecified atom stereocenters. The molecule has 0 amide bonds. The van der Waals surface area contributed by atoms with E-state index in [4.69, 9.17) is 0 Å². The lowest BCUT2D eigenvalue weighted by Gasteiger charge is -1.94. The highest BCUT2D eigenvalue weighted by molar-refractivity contribution is 5.82. The second-order valence-corrected chi connectivity index (χ2v) is 2.86. The number of hydrogen-bond donors (Lipinski definition) is 0. The Labute approximate surface area is 80.3 Å². The quantitative estimate of drug-likeness (QED) is 0.261. The zero-order valence-corrected chi connectivity index (χ0v) is 8.29. The van der Waals surface area contributed by atoms with E-state index < -0.39 is 0 Å². The van der Waals surface area contributed by atoms with Crippen LogP contribution in [0, 0.1) is 0 Å². The van der Waals surface area contributed by atoms with Crippen molar-refractivity contribution in [2.24, 2.45) is 0 Å². The third kappa shape index (κ3) is 8.86. The minimum Gasteiger partial charge on any atom is -0.432 e. The third-order valence-electron chi connectivity index (χ3n) is 1.68. The minimum atomic E-state index is -0.342. The van der Waals surface area contributed by atoms with Gasteiger partial charge in [0.2, 0.25) is 0 Å². The maximum atomic E-state index is 10.8. The molecule has 0 heterocycles. The average Bonchev–Trinajstić information content (AvgIpc) is 2.11. The average molecular weight is 182 g/mol. The Morgan fingerprint density at radius 1 is 1.38 bits per heavy atom. The van der Waals surface area contributed by atoms with Gasteiger partial charge in [0.25, 0.3) is 0 Å². The second kappa shape index (κ2) is 9.04. The Morgan fingerprint density at radius 3 is 2.77 bits per heavy atom. The van der Waals surface area contributed by atoms with E-state index in [1.54, 1.807) is 0 Å². The fraction of sp³-hybridized carbons (Fsp3) is 0.545. The van der Waals surface area contributed by atoms with Crippen molar-refractivity contribution in [1.29, 1.82) is 0 Å². The molecule has 0 bridgehead atoms. The van der Waals surface area contributed by atoms with Crippen LogP contribution >= 0.6 is 0 Å². The van der Waals surface area contributed by atoms with E-state index in [2.05, 4.69) is 18.2 Å². The molecule has 13 heavy (non-hydrogen) atoms. The fourth-order valence-corrected chi connectivity index (χ4v) is 0.990. The molecule has 0 radical (unpaired) electrons. The van der Waals surface area contributed by atoms with Gasteiger partial charge in [0, 0.05) is 6.08 Å². The summed E-state index contributed by atoms with van der Waals surface area (Å²) in [6.45, 7) is 5.47. The summed E-state index contributed by atoms with van der Waals surface area (Å²) < 4.78 is 4.51. The van der Waals surface area contributed by atoms with Crippen LogP contribution in [0.15, 0.2) is 25.0 Å². The maximum absolute atomic E-state index is 10.8. The highest BCUT2D eigenvalue weighted by atomic mass is 16.5. The summed E-state index contributed by atoms with van der Waals surface area (Å²) >= 11 is 0. The SMILES string of the molecule is C=COC(=O)C=CCCCCCC. The normalized spacial score (nSPS) is 10.2. The number of carbonyl (C=O) groups excluding carboxylic acids is 1. The van der Waals surface area contributed by atoms with Gasteiger partial charge in [0.15, 0.2) is 0 Å². The number of allylic oxidation sites excluding steroid dienone is 1. The predicted octanol–water partition coefficient (Wildman–Crippen LogP) is 3.20. The number of hydrogen-bond acceptors (Lipinski definition) is 2. The van der Waals surface area contributed by atoms with Crippen LogP contribution in [0.3, 0.4) is 0 Å². The van der Waals surface area contributed by atoms with Crippen molar-refractivity contribution >= 4 is 5.97 Å². The molecule has 0 rings (SSSR count). The molecule has 0 fully saturated rings. The lowest BCUT2D eigenvalue weighted by atomic mass is 10.1. The van der Waals surface area contributed by atoms with E-state index in [0.717, 1.165) is 19.1 Å². The smallest absolute Gasteiger partial charge is 0.335 e. The monoisotopic (exact) mass is 182 g/mol. The fourth-order valence-electron chi connectivity index (χ4n) is 0.990. The highest BCUT2D eigenvalue weighted by Gasteiger charge is 1.90. The first-order chi connectivity index (χ1) is 6.31. The number of unbranched alkanes of at least 4 members (excludes halogenated alkanes) is 4. The van der Waals surface area contributed by atoms with Gasteiger partial charge in [0.05, 0.1) is 6.26 Å². The van der Waals surface area contributed by atoms with Crippen molar-refractivity contribution in [3.05, 3.63) is 25.0 Å². The van der Waals surface area contributed by atoms with Crippen molar-refractivity contribution in [3.63, 3.8) is 0 Å². The molecule has 2 heteroatoms. The Balaban J connectivity index is 3.30. The minimum absolute atomic E-state index is 0.342. The number of carbonyl (C=O) groups is 1. The Bertz CT molecular complexity index is 171. The topological polar surface area (TPSA) is 26.3 Å². The van der Waals surface area contributed by atoms with Crippen molar-refractivity contribution in [1.82, 2.24) is 0 Å². The number of esters is 1. The van der Waals surface area contributed by atoms with Gasteiger partial charge in [-0.15, -0.1) is 0 Å². The zero-order chi connectivity index (χ0) is 9.94. The standard InChI is InChI=1S/C11H18O2/c1-3-5-6-7-8-9-10-11(12)13-4-2/h4,9-10H,2-3,5-8H2,1H3. The predicted molar refractivity (Wildman–Crippen MR) is 54.2 cm³/mol. The van der Waals surface area contributed by atoms with E-state index in [1.807, 2.05) is 6.08 Å². The van der Waals surface area contributed by atoms with Crippen LogP contribution in [0.25, 0.3) is 0 Å². The summed E-state index contributed by atoms with van der Waals surface area (Å²) in [4.78, 5) is 10.8. The number of ether oxygens (including phenoxy) is 1. The van der Waals surface area contributed by atoms with Crippen LogP contribution in [-0.2, 0) is 9.53 Å². The molecule has 0 aromatic carbocycles. The van der Waals surface area contributed by atoms with Crippen LogP contribution in [0.2, 0.25) is 0 Å². The molecule has 0 atom stereocenters. The number of rotatable bonds is 7. The summed E-state index contributed by atoms with van der Waals surface area (Å²) in [5, 5.41) is 0. The molecule has 0 aliphatic carbocycles. The highest BCUT2D eigenvalue weighted by Crippen LogP contribution is 2.02. The third-order valence-corrected chi connectivity index (χ3v) is 1.68. The van der Waals surface area contributed by atoms with Crippen LogP contribution in [-0.4, -0.2) is 5.97 Å². The van der Waals surface area contributed by atoms with Gasteiger partial charge in [-0.3, -0.25) is 0 Å². The van der Waals surface area contributed by atoms with Gasteiger partial charge < -0.3 is 4.74 Å². The van der Waals surface area contributed by atoms with Crippen LogP contribution in [0.4, 0.5) is 0 Å². The molecule has 0 saturated carbocycles. The summed E-state index contributed by atoms with van der Waals surface area (Å²) in [6, 6.07) is 0. The van der Waals surface area contributed by atoms with Gasteiger partial charge >= 0.3 is 5.97 Å². The Morgan fingerprint density at radius 2 is 2.15 bits per heavy atom. The van der Waals surface area contributed by atoms with Crippen molar-refractivity contribution in [3.8, 4) is 0 Å². The lowest BCUT2D eigenvalue weighted by Crippen LogP contribution is -1.92. The van der Waals surface area contributed by atoms with Gasteiger partial charge in [-0.1, -0.05) is 38.8 Å². The molecule has 2 nitrogen and oxygen atoms in total. The summed E-state index contributed by atoms with van der Waals surface area (Å²) in [5.74, 6) is -0.342. The molecule has 0 spiro atoms. The largest absolute Gasteiger partial charge is 0.432 e. The molecule has 0 aromatic rings. The maximum Gasteiger partial charge on any atom is 0.335 e. The molecular weight excluding hydrogens is 164 g/mol. The zero-order valence-electron chi connectivity index (χ0n) is 8.29. The van der Waals surface area contributed by atoms with Gasteiger partial charge in [-0.2, -0.15) is 0 Å². The molecule has 0 aliphatic rings. The van der Waals surface area contributed by atoms with Crippen molar-refractivity contribution < 1.29 is 9.53 Å². The van der Waals surface area contributed by atoms with E-state index in [0.29, 0.717) is 0 Å². The lowest BCUT2D eigenvalue weighted by molar-refractivity contribution is -0.132. The molecule has 74 valence electrons. The van der Waals surface area contributed by atoms with Crippen molar-refractivity contribution in [2.45, 2.75) is 39.0 Å². The van der Waals surface area contributed by atoms with Crippen molar-refractivity contribution in [2.75, 3.05) is 0 Å². The Hall–Kier alpha value is -1.05. The summed E-state index contributed by atoms with van der Waals surface area (Å²) in [5.41, 5.74) is 0. The molecule has 0 aromatic heterocycles. The summed E-state index contributed by atoms with van der Waals surface area (Å²) in [6.07, 6.45) is 10.3. The molecule has 0 aliphatic heterocycles. The first-order valence-electron chi connectivity index (χ1n) is 4.79. The molecular formula is C11H18O2. The Kier molecular flexibility index (Phi) is 8.31. The van der Waals surface area contributed by atoms with Crippen LogP contribution < -0.4 is 0 Å². The van der Waals surface area contributed by atoms with Crippen LogP contribution in [0.1, 0.15) is 39.0 Å².